The predicted molar refractivity (Wildman–Crippen MR) is 82.6 cm³/mol. The molecule has 0 radical (unpaired) electrons. The number of oxazole rings is 1. The Morgan fingerprint density at radius 2 is 2.10 bits per heavy atom. The van der Waals surface area contributed by atoms with E-state index in [-0.39, 0.29) is 6.61 Å². The SMILES string of the molecule is Cc1oc(C=CCCCN(C)C)nc1CCOS(C)(=O)=O. The minimum absolute atomic E-state index is 0.0815. The molecule has 1 aromatic rings. The van der Waals surface area contributed by atoms with Crippen LogP contribution in [0.2, 0.25) is 0 Å². The number of hydrogen-bond acceptors (Lipinski definition) is 6. The highest BCUT2D eigenvalue weighted by molar-refractivity contribution is 7.85. The van der Waals surface area contributed by atoms with Gasteiger partial charge in [-0.05, 0) is 46.5 Å². The smallest absolute Gasteiger partial charge is 0.264 e. The van der Waals surface area contributed by atoms with Gasteiger partial charge in [-0.25, -0.2) is 4.98 Å². The van der Waals surface area contributed by atoms with E-state index in [4.69, 9.17) is 8.60 Å². The van der Waals surface area contributed by atoms with Crippen LogP contribution in [0.3, 0.4) is 0 Å². The number of hydrogen-bond donors (Lipinski definition) is 0. The van der Waals surface area contributed by atoms with E-state index < -0.39 is 10.1 Å². The van der Waals surface area contributed by atoms with Crippen molar-refractivity contribution in [2.45, 2.75) is 26.2 Å². The molecule has 120 valence electrons. The van der Waals surface area contributed by atoms with Crippen LogP contribution in [-0.4, -0.2) is 51.8 Å². The van der Waals surface area contributed by atoms with Crippen molar-refractivity contribution in [2.24, 2.45) is 0 Å². The molecule has 0 aliphatic heterocycles. The molecule has 0 saturated heterocycles. The minimum atomic E-state index is -3.40. The highest BCUT2D eigenvalue weighted by atomic mass is 32.2. The lowest BCUT2D eigenvalue weighted by atomic mass is 10.3. The summed E-state index contributed by atoms with van der Waals surface area (Å²) in [5.41, 5.74) is 0.728. The maximum Gasteiger partial charge on any atom is 0.264 e. The van der Waals surface area contributed by atoms with Gasteiger partial charge in [0.1, 0.15) is 5.76 Å². The maximum absolute atomic E-state index is 10.9. The number of aromatic nitrogens is 1. The van der Waals surface area contributed by atoms with E-state index in [0.717, 1.165) is 31.3 Å². The van der Waals surface area contributed by atoms with Gasteiger partial charge >= 0.3 is 0 Å². The number of nitrogens with zero attached hydrogens (tertiary/aromatic N) is 2. The summed E-state index contributed by atoms with van der Waals surface area (Å²) in [6.07, 6.45) is 7.38. The van der Waals surface area contributed by atoms with Crippen LogP contribution < -0.4 is 0 Å². The molecule has 0 atom stereocenters. The van der Waals surface area contributed by atoms with E-state index in [1.54, 1.807) is 0 Å². The van der Waals surface area contributed by atoms with E-state index in [9.17, 15) is 8.42 Å². The fourth-order valence-electron chi connectivity index (χ4n) is 1.75. The molecular formula is C14H24N2O4S. The molecule has 1 heterocycles. The molecule has 0 spiro atoms. The molecule has 0 aliphatic carbocycles. The summed E-state index contributed by atoms with van der Waals surface area (Å²) in [7, 11) is 0.691. The molecule has 6 nitrogen and oxygen atoms in total. The average molecular weight is 316 g/mol. The second-order valence-corrected chi connectivity index (χ2v) is 6.82. The quantitative estimate of drug-likeness (QED) is 0.511. The zero-order valence-electron chi connectivity index (χ0n) is 13.1. The summed E-state index contributed by atoms with van der Waals surface area (Å²) in [6.45, 7) is 2.94. The summed E-state index contributed by atoms with van der Waals surface area (Å²) >= 11 is 0. The zero-order chi connectivity index (χ0) is 15.9. The van der Waals surface area contributed by atoms with E-state index in [1.807, 2.05) is 33.2 Å². The van der Waals surface area contributed by atoms with Crippen LogP contribution in [0.1, 0.15) is 30.2 Å². The molecule has 0 aromatic carbocycles. The third-order valence-corrected chi connectivity index (χ3v) is 3.38. The topological polar surface area (TPSA) is 72.6 Å². The Bertz CT molecular complexity index is 562. The largest absolute Gasteiger partial charge is 0.442 e. The molecule has 7 heteroatoms. The molecule has 0 fully saturated rings. The van der Waals surface area contributed by atoms with Gasteiger partial charge in [-0.1, -0.05) is 6.08 Å². The Kier molecular flexibility index (Phi) is 7.07. The Balaban J connectivity index is 2.44. The van der Waals surface area contributed by atoms with Gasteiger partial charge in [0.15, 0.2) is 0 Å². The van der Waals surface area contributed by atoms with Gasteiger partial charge in [0.25, 0.3) is 10.1 Å². The summed E-state index contributed by atoms with van der Waals surface area (Å²) in [4.78, 5) is 6.47. The van der Waals surface area contributed by atoms with Gasteiger partial charge in [0, 0.05) is 6.42 Å². The normalized spacial score (nSPS) is 12.6. The Labute approximate surface area is 126 Å². The van der Waals surface area contributed by atoms with Crippen LogP contribution in [0, 0.1) is 6.92 Å². The van der Waals surface area contributed by atoms with Crippen molar-refractivity contribution in [3.63, 3.8) is 0 Å². The van der Waals surface area contributed by atoms with Crippen molar-refractivity contribution < 1.29 is 17.0 Å². The first-order valence-electron chi connectivity index (χ1n) is 6.90. The Morgan fingerprint density at radius 1 is 1.38 bits per heavy atom. The fourth-order valence-corrected chi connectivity index (χ4v) is 2.14. The van der Waals surface area contributed by atoms with Crippen molar-refractivity contribution in [1.82, 2.24) is 9.88 Å². The summed E-state index contributed by atoms with van der Waals surface area (Å²) in [5, 5.41) is 0. The minimum Gasteiger partial charge on any atom is -0.442 e. The van der Waals surface area contributed by atoms with E-state index in [1.165, 1.54) is 0 Å². The summed E-state index contributed by atoms with van der Waals surface area (Å²) < 4.78 is 32.0. The molecule has 0 amide bonds. The number of rotatable bonds is 9. The van der Waals surface area contributed by atoms with Crippen molar-refractivity contribution in [3.05, 3.63) is 23.4 Å². The van der Waals surface area contributed by atoms with Gasteiger partial charge in [0.05, 0.1) is 18.6 Å². The van der Waals surface area contributed by atoms with Gasteiger partial charge in [-0.2, -0.15) is 8.42 Å². The van der Waals surface area contributed by atoms with Crippen LogP contribution in [0.4, 0.5) is 0 Å². The van der Waals surface area contributed by atoms with Crippen molar-refractivity contribution >= 4 is 16.2 Å². The molecule has 0 unspecified atom stereocenters. The Hall–Kier alpha value is -1.18. The lowest BCUT2D eigenvalue weighted by Gasteiger charge is -2.06. The molecule has 1 rings (SSSR count). The van der Waals surface area contributed by atoms with Crippen molar-refractivity contribution in [3.8, 4) is 0 Å². The van der Waals surface area contributed by atoms with E-state index in [0.29, 0.717) is 18.1 Å². The molecule has 0 bridgehead atoms. The monoisotopic (exact) mass is 316 g/mol. The molecule has 0 aliphatic rings. The van der Waals surface area contributed by atoms with E-state index in [2.05, 4.69) is 9.88 Å². The van der Waals surface area contributed by atoms with Crippen molar-refractivity contribution in [1.29, 1.82) is 0 Å². The van der Waals surface area contributed by atoms with Gasteiger partial charge in [0.2, 0.25) is 5.89 Å². The van der Waals surface area contributed by atoms with Crippen LogP contribution in [0.5, 0.6) is 0 Å². The third kappa shape index (κ3) is 7.99. The average Bonchev–Trinajstić information content (AvgIpc) is 2.68. The Morgan fingerprint density at radius 3 is 2.71 bits per heavy atom. The van der Waals surface area contributed by atoms with Gasteiger partial charge < -0.3 is 9.32 Å². The van der Waals surface area contributed by atoms with Gasteiger partial charge in [-0.15, -0.1) is 0 Å². The standard InChI is InChI=1S/C14H24N2O4S/c1-12-13(9-11-19-21(4,17)18)15-14(20-12)8-6-5-7-10-16(2)3/h6,8H,5,7,9-11H2,1-4H3. The first kappa shape index (κ1) is 17.9. The van der Waals surface area contributed by atoms with Gasteiger partial charge in [-0.3, -0.25) is 4.18 Å². The highest BCUT2D eigenvalue weighted by Crippen LogP contribution is 2.12. The number of unbranched alkanes of at least 4 members (excludes halogenated alkanes) is 1. The second kappa shape index (κ2) is 8.31. The molecule has 0 N–H and O–H groups in total. The lowest BCUT2D eigenvalue weighted by molar-refractivity contribution is 0.324. The fraction of sp³-hybridized carbons (Fsp3) is 0.643. The number of aryl methyl sites for hydroxylation is 1. The van der Waals surface area contributed by atoms with Crippen LogP contribution in [0.25, 0.3) is 6.08 Å². The third-order valence-electron chi connectivity index (χ3n) is 2.78. The number of allylic oxidation sites excluding steroid dienone is 1. The highest BCUT2D eigenvalue weighted by Gasteiger charge is 2.09. The predicted octanol–water partition coefficient (Wildman–Crippen LogP) is 1.86. The maximum atomic E-state index is 10.9. The summed E-state index contributed by atoms with van der Waals surface area (Å²) in [5.74, 6) is 1.24. The van der Waals surface area contributed by atoms with Crippen LogP contribution in [0.15, 0.2) is 10.5 Å². The summed E-state index contributed by atoms with van der Waals surface area (Å²) in [6, 6.07) is 0. The first-order chi connectivity index (χ1) is 9.78. The van der Waals surface area contributed by atoms with Crippen molar-refractivity contribution in [2.75, 3.05) is 33.5 Å². The lowest BCUT2D eigenvalue weighted by Crippen LogP contribution is -2.12. The van der Waals surface area contributed by atoms with Crippen LogP contribution >= 0.6 is 0 Å². The zero-order valence-corrected chi connectivity index (χ0v) is 13.9. The first-order valence-corrected chi connectivity index (χ1v) is 8.71. The molecule has 21 heavy (non-hydrogen) atoms. The molecule has 1 aromatic heterocycles. The second-order valence-electron chi connectivity index (χ2n) is 5.18. The molecule has 0 saturated carbocycles. The molecular weight excluding hydrogens is 292 g/mol. The van der Waals surface area contributed by atoms with E-state index >= 15 is 0 Å². The van der Waals surface area contributed by atoms with Crippen LogP contribution in [-0.2, 0) is 20.7 Å².